The normalized spacial score (nSPS) is 17.0. The summed E-state index contributed by atoms with van der Waals surface area (Å²) in [5, 5.41) is 13.7. The molecule has 23 heavy (non-hydrogen) atoms. The molecule has 1 aliphatic carbocycles. The Labute approximate surface area is 137 Å². The van der Waals surface area contributed by atoms with Crippen LogP contribution in [0.15, 0.2) is 47.3 Å². The maximum absolute atomic E-state index is 10.5. The Hall–Kier alpha value is -2.14. The highest BCUT2D eigenvalue weighted by Gasteiger charge is 2.14. The van der Waals surface area contributed by atoms with Crippen LogP contribution >= 0.6 is 0 Å². The van der Waals surface area contributed by atoms with E-state index < -0.39 is 6.23 Å². The molecule has 1 aromatic heterocycles. The number of ether oxygens (including phenoxy) is 1. The lowest BCUT2D eigenvalue weighted by Crippen LogP contribution is -2.10. The number of aliphatic hydroxyl groups is 1. The van der Waals surface area contributed by atoms with Crippen molar-refractivity contribution in [3.63, 3.8) is 0 Å². The highest BCUT2D eigenvalue weighted by molar-refractivity contribution is 5.97. The molecular formula is C18H25N3O2. The lowest BCUT2D eigenvalue weighted by atomic mass is 10.1. The quantitative estimate of drug-likeness (QED) is 0.719. The molecule has 1 heterocycles. The zero-order valence-corrected chi connectivity index (χ0v) is 13.8. The van der Waals surface area contributed by atoms with Gasteiger partial charge < -0.3 is 15.2 Å². The van der Waals surface area contributed by atoms with Gasteiger partial charge in [-0.05, 0) is 30.7 Å². The third-order valence-corrected chi connectivity index (χ3v) is 3.67. The minimum atomic E-state index is -0.937. The van der Waals surface area contributed by atoms with E-state index in [-0.39, 0.29) is 0 Å². The molecule has 5 heteroatoms. The molecule has 2 rings (SSSR count). The standard InChI is InChI=1S/C18H25N3O2/c1-3-4-5-11-19-17-16(10-7-12-20-17)18(22)21-14-8-6-9-15(13-14)23-2/h6-10,12,18,22H,3-5,11,13H2,1-2H3,(H,19,20). The number of nitrogens with one attached hydrogen (secondary N) is 1. The van der Waals surface area contributed by atoms with Crippen molar-refractivity contribution in [3.05, 3.63) is 47.9 Å². The summed E-state index contributed by atoms with van der Waals surface area (Å²) in [6.45, 7) is 3.02. The van der Waals surface area contributed by atoms with Gasteiger partial charge in [-0.2, -0.15) is 0 Å². The lowest BCUT2D eigenvalue weighted by molar-refractivity contribution is 0.188. The van der Waals surface area contributed by atoms with E-state index >= 15 is 0 Å². The first-order valence-electron chi connectivity index (χ1n) is 8.09. The fourth-order valence-corrected chi connectivity index (χ4v) is 2.37. The van der Waals surface area contributed by atoms with Gasteiger partial charge >= 0.3 is 0 Å². The summed E-state index contributed by atoms with van der Waals surface area (Å²) in [5.74, 6) is 1.53. The molecule has 0 aliphatic heterocycles. The summed E-state index contributed by atoms with van der Waals surface area (Å²) in [7, 11) is 1.64. The second kappa shape index (κ2) is 9.10. The van der Waals surface area contributed by atoms with E-state index in [4.69, 9.17) is 4.74 Å². The second-order valence-electron chi connectivity index (χ2n) is 5.44. The van der Waals surface area contributed by atoms with Crippen LogP contribution in [0, 0.1) is 0 Å². The van der Waals surface area contributed by atoms with E-state index in [0.29, 0.717) is 17.8 Å². The summed E-state index contributed by atoms with van der Waals surface area (Å²) in [4.78, 5) is 8.72. The van der Waals surface area contributed by atoms with Crippen LogP contribution in [0.5, 0.6) is 0 Å². The van der Waals surface area contributed by atoms with Crippen LogP contribution in [0.2, 0.25) is 0 Å². The van der Waals surface area contributed by atoms with Crippen molar-refractivity contribution in [2.45, 2.75) is 38.8 Å². The number of aliphatic imine (C=N–C) groups is 1. The molecular weight excluding hydrogens is 290 g/mol. The molecule has 1 atom stereocenters. The van der Waals surface area contributed by atoms with Crippen molar-refractivity contribution < 1.29 is 9.84 Å². The van der Waals surface area contributed by atoms with Gasteiger partial charge in [-0.1, -0.05) is 25.8 Å². The first-order valence-corrected chi connectivity index (χ1v) is 8.09. The number of allylic oxidation sites excluding steroid dienone is 4. The van der Waals surface area contributed by atoms with E-state index in [1.165, 1.54) is 12.8 Å². The number of nitrogens with zero attached hydrogens (tertiary/aromatic N) is 2. The molecule has 0 spiro atoms. The predicted molar refractivity (Wildman–Crippen MR) is 93.5 cm³/mol. The van der Waals surface area contributed by atoms with E-state index in [0.717, 1.165) is 24.4 Å². The van der Waals surface area contributed by atoms with Crippen LogP contribution in [0.25, 0.3) is 0 Å². The number of hydrogen-bond acceptors (Lipinski definition) is 5. The molecule has 1 aliphatic rings. The molecule has 0 saturated carbocycles. The molecule has 1 aromatic rings. The van der Waals surface area contributed by atoms with Crippen LogP contribution in [0.3, 0.4) is 0 Å². The van der Waals surface area contributed by atoms with Gasteiger partial charge in [-0.15, -0.1) is 0 Å². The fraction of sp³-hybridized carbons (Fsp3) is 0.444. The van der Waals surface area contributed by atoms with Gasteiger partial charge in [0.05, 0.1) is 7.11 Å². The monoisotopic (exact) mass is 315 g/mol. The first-order chi connectivity index (χ1) is 11.2. The van der Waals surface area contributed by atoms with E-state index in [1.807, 2.05) is 30.4 Å². The molecule has 0 bridgehead atoms. The van der Waals surface area contributed by atoms with Gasteiger partial charge in [0.2, 0.25) is 0 Å². The van der Waals surface area contributed by atoms with Crippen molar-refractivity contribution >= 4 is 11.5 Å². The molecule has 0 amide bonds. The number of aromatic nitrogens is 1. The minimum absolute atomic E-state index is 0.587. The molecule has 0 fully saturated rings. The van der Waals surface area contributed by atoms with Gasteiger partial charge in [-0.3, -0.25) is 4.99 Å². The van der Waals surface area contributed by atoms with Gasteiger partial charge in [0.1, 0.15) is 11.6 Å². The Kier molecular flexibility index (Phi) is 6.81. The maximum Gasteiger partial charge on any atom is 0.175 e. The molecule has 124 valence electrons. The van der Waals surface area contributed by atoms with Crippen LogP contribution < -0.4 is 5.32 Å². The summed E-state index contributed by atoms with van der Waals surface area (Å²) < 4.78 is 5.23. The molecule has 1 unspecified atom stereocenters. The number of pyridine rings is 1. The van der Waals surface area contributed by atoms with Crippen molar-refractivity contribution in [3.8, 4) is 0 Å². The number of unbranched alkanes of at least 4 members (excludes halogenated alkanes) is 2. The molecule has 5 nitrogen and oxygen atoms in total. The first kappa shape index (κ1) is 17.2. The highest BCUT2D eigenvalue weighted by Crippen LogP contribution is 2.23. The largest absolute Gasteiger partial charge is 0.501 e. The van der Waals surface area contributed by atoms with Gasteiger partial charge in [0, 0.05) is 30.4 Å². The van der Waals surface area contributed by atoms with Crippen molar-refractivity contribution in [1.29, 1.82) is 0 Å². The SMILES string of the molecule is CCCCCNc1ncccc1C(O)N=C1C=CC=C(OC)C1. The number of rotatable bonds is 8. The summed E-state index contributed by atoms with van der Waals surface area (Å²) in [6.07, 6.45) is 10.5. The van der Waals surface area contributed by atoms with Crippen LogP contribution in [-0.4, -0.2) is 29.5 Å². The Bertz CT molecular complexity index is 594. The fourth-order valence-electron chi connectivity index (χ4n) is 2.37. The van der Waals surface area contributed by atoms with Gasteiger partial charge in [-0.25, -0.2) is 4.98 Å². The van der Waals surface area contributed by atoms with E-state index in [1.54, 1.807) is 13.3 Å². The molecule has 2 N–H and O–H groups in total. The van der Waals surface area contributed by atoms with Crippen LogP contribution in [-0.2, 0) is 4.74 Å². The third-order valence-electron chi connectivity index (χ3n) is 3.67. The number of methoxy groups -OCH3 is 1. The lowest BCUT2D eigenvalue weighted by Gasteiger charge is -2.15. The third kappa shape index (κ3) is 5.21. The van der Waals surface area contributed by atoms with Crippen LogP contribution in [0.1, 0.15) is 44.4 Å². The van der Waals surface area contributed by atoms with Gasteiger partial charge in [0.25, 0.3) is 0 Å². The summed E-state index contributed by atoms with van der Waals surface area (Å²) in [6, 6.07) is 3.66. The number of hydrogen-bond donors (Lipinski definition) is 2. The Morgan fingerprint density at radius 2 is 2.30 bits per heavy atom. The topological polar surface area (TPSA) is 66.7 Å². The summed E-state index contributed by atoms with van der Waals surface area (Å²) in [5.41, 5.74) is 1.48. The summed E-state index contributed by atoms with van der Waals surface area (Å²) >= 11 is 0. The Morgan fingerprint density at radius 1 is 1.43 bits per heavy atom. The molecule has 0 saturated heterocycles. The van der Waals surface area contributed by atoms with Gasteiger partial charge in [0.15, 0.2) is 6.23 Å². The van der Waals surface area contributed by atoms with E-state index in [2.05, 4.69) is 22.2 Å². The smallest absolute Gasteiger partial charge is 0.175 e. The zero-order valence-electron chi connectivity index (χ0n) is 13.8. The predicted octanol–water partition coefficient (Wildman–Crippen LogP) is 3.61. The van der Waals surface area contributed by atoms with E-state index in [9.17, 15) is 5.11 Å². The average molecular weight is 315 g/mol. The Morgan fingerprint density at radius 3 is 3.09 bits per heavy atom. The van der Waals surface area contributed by atoms with Crippen molar-refractivity contribution in [2.75, 3.05) is 19.0 Å². The average Bonchev–Trinajstić information content (AvgIpc) is 2.59. The molecule has 0 radical (unpaired) electrons. The number of anilines is 1. The zero-order chi connectivity index (χ0) is 16.5. The maximum atomic E-state index is 10.5. The minimum Gasteiger partial charge on any atom is -0.501 e. The molecule has 0 aromatic carbocycles. The highest BCUT2D eigenvalue weighted by atomic mass is 16.5. The number of aliphatic hydroxyl groups excluding tert-OH is 1. The van der Waals surface area contributed by atoms with Crippen molar-refractivity contribution in [1.82, 2.24) is 4.98 Å². The van der Waals surface area contributed by atoms with Crippen molar-refractivity contribution in [2.24, 2.45) is 4.99 Å². The second-order valence-corrected chi connectivity index (χ2v) is 5.44. The Balaban J connectivity index is 2.06. The van der Waals surface area contributed by atoms with Crippen LogP contribution in [0.4, 0.5) is 5.82 Å².